The molecule has 2 atom stereocenters. The third kappa shape index (κ3) is 5.44. The second kappa shape index (κ2) is 9.20. The van der Waals surface area contributed by atoms with Crippen molar-refractivity contribution in [2.75, 3.05) is 39.4 Å². The molecule has 2 aliphatic rings. The third-order valence-electron chi connectivity index (χ3n) is 5.25. The minimum Gasteiger partial charge on any atom is -0.379 e. The summed E-state index contributed by atoms with van der Waals surface area (Å²) >= 11 is 0. The van der Waals surface area contributed by atoms with Crippen molar-refractivity contribution in [1.82, 2.24) is 15.1 Å². The zero-order valence-electron chi connectivity index (χ0n) is 15.3. The standard InChI is InChI=1S/C20H31N3O2/c1-2-23(20(24)21-19-9-6-12-25-16-19)15-18-10-11-22(14-18)13-17-7-4-3-5-8-17/h3-5,7-8,18-19H,2,6,9-16H2,1H3,(H,21,24)/t18-,19+/m0/s1. The number of carbonyl (C=O) groups is 1. The molecule has 138 valence electrons. The molecule has 0 aliphatic carbocycles. The maximum absolute atomic E-state index is 12.5. The van der Waals surface area contributed by atoms with E-state index in [9.17, 15) is 4.79 Å². The molecule has 5 heteroatoms. The molecule has 0 unspecified atom stereocenters. The SMILES string of the molecule is CCN(C[C@H]1CCN(Cc2ccccc2)C1)C(=O)N[C@@H]1CCCOC1. The van der Waals surface area contributed by atoms with Crippen molar-refractivity contribution in [3.05, 3.63) is 35.9 Å². The number of carbonyl (C=O) groups excluding carboxylic acids is 1. The number of hydrogen-bond donors (Lipinski definition) is 1. The molecular formula is C20H31N3O2. The van der Waals surface area contributed by atoms with Crippen LogP contribution in [0.15, 0.2) is 30.3 Å². The number of rotatable bonds is 6. The Morgan fingerprint density at radius 2 is 2.16 bits per heavy atom. The van der Waals surface area contributed by atoms with Crippen LogP contribution < -0.4 is 5.32 Å². The van der Waals surface area contributed by atoms with Gasteiger partial charge in [-0.3, -0.25) is 4.90 Å². The fourth-order valence-corrected chi connectivity index (χ4v) is 3.83. The number of nitrogens with one attached hydrogen (secondary N) is 1. The molecule has 1 N–H and O–H groups in total. The Kier molecular flexibility index (Phi) is 6.70. The lowest BCUT2D eigenvalue weighted by Gasteiger charge is -2.29. The largest absolute Gasteiger partial charge is 0.379 e. The lowest BCUT2D eigenvalue weighted by Crippen LogP contribution is -2.49. The van der Waals surface area contributed by atoms with Crippen LogP contribution in [0, 0.1) is 5.92 Å². The fourth-order valence-electron chi connectivity index (χ4n) is 3.83. The van der Waals surface area contributed by atoms with E-state index in [0.717, 1.165) is 52.2 Å². The van der Waals surface area contributed by atoms with E-state index in [1.165, 1.54) is 12.0 Å². The van der Waals surface area contributed by atoms with Crippen molar-refractivity contribution in [3.63, 3.8) is 0 Å². The second-order valence-electron chi connectivity index (χ2n) is 7.28. The van der Waals surface area contributed by atoms with Crippen LogP contribution in [-0.4, -0.2) is 61.3 Å². The van der Waals surface area contributed by atoms with Gasteiger partial charge in [-0.1, -0.05) is 30.3 Å². The van der Waals surface area contributed by atoms with Crippen molar-refractivity contribution >= 4 is 6.03 Å². The first-order chi connectivity index (χ1) is 12.2. The topological polar surface area (TPSA) is 44.8 Å². The van der Waals surface area contributed by atoms with Gasteiger partial charge >= 0.3 is 6.03 Å². The Bertz CT molecular complexity index is 531. The van der Waals surface area contributed by atoms with Gasteiger partial charge in [-0.25, -0.2) is 4.79 Å². The molecule has 2 fully saturated rings. The van der Waals surface area contributed by atoms with Crippen molar-refractivity contribution < 1.29 is 9.53 Å². The van der Waals surface area contributed by atoms with E-state index in [-0.39, 0.29) is 12.1 Å². The predicted molar refractivity (Wildman–Crippen MR) is 99.4 cm³/mol. The molecule has 2 amide bonds. The summed E-state index contributed by atoms with van der Waals surface area (Å²) in [6.07, 6.45) is 3.23. The summed E-state index contributed by atoms with van der Waals surface area (Å²) in [4.78, 5) is 17.0. The van der Waals surface area contributed by atoms with Crippen LogP contribution in [0.3, 0.4) is 0 Å². The Morgan fingerprint density at radius 3 is 2.88 bits per heavy atom. The summed E-state index contributed by atoms with van der Waals surface area (Å²) in [5, 5.41) is 3.14. The first kappa shape index (κ1) is 18.2. The van der Waals surface area contributed by atoms with Crippen LogP contribution in [0.5, 0.6) is 0 Å². The van der Waals surface area contributed by atoms with Crippen LogP contribution in [0.1, 0.15) is 31.7 Å². The van der Waals surface area contributed by atoms with E-state index >= 15 is 0 Å². The molecule has 1 aromatic carbocycles. The molecule has 3 rings (SSSR count). The first-order valence-corrected chi connectivity index (χ1v) is 9.64. The van der Waals surface area contributed by atoms with E-state index in [1.807, 2.05) is 4.90 Å². The second-order valence-corrected chi connectivity index (χ2v) is 7.28. The average molecular weight is 345 g/mol. The highest BCUT2D eigenvalue weighted by Gasteiger charge is 2.27. The van der Waals surface area contributed by atoms with Crippen LogP contribution in [0.2, 0.25) is 0 Å². The zero-order chi connectivity index (χ0) is 17.5. The molecule has 25 heavy (non-hydrogen) atoms. The Balaban J connectivity index is 1.44. The molecule has 0 saturated carbocycles. The fraction of sp³-hybridized carbons (Fsp3) is 0.650. The van der Waals surface area contributed by atoms with Crippen molar-refractivity contribution in [2.45, 2.75) is 38.8 Å². The lowest BCUT2D eigenvalue weighted by molar-refractivity contribution is 0.0704. The Morgan fingerprint density at radius 1 is 1.32 bits per heavy atom. The third-order valence-corrected chi connectivity index (χ3v) is 5.25. The van der Waals surface area contributed by atoms with Gasteiger partial charge in [0.05, 0.1) is 12.6 Å². The smallest absolute Gasteiger partial charge is 0.317 e. The number of nitrogens with zero attached hydrogens (tertiary/aromatic N) is 2. The molecular weight excluding hydrogens is 314 g/mol. The normalized spacial score (nSPS) is 24.2. The van der Waals surface area contributed by atoms with E-state index < -0.39 is 0 Å². The summed E-state index contributed by atoms with van der Waals surface area (Å²) in [5.41, 5.74) is 1.37. The highest BCUT2D eigenvalue weighted by atomic mass is 16.5. The maximum atomic E-state index is 12.5. The van der Waals surface area contributed by atoms with E-state index in [4.69, 9.17) is 4.74 Å². The van der Waals surface area contributed by atoms with Gasteiger partial charge in [-0.15, -0.1) is 0 Å². The van der Waals surface area contributed by atoms with Crippen LogP contribution in [-0.2, 0) is 11.3 Å². The molecule has 0 spiro atoms. The summed E-state index contributed by atoms with van der Waals surface area (Å²) in [7, 11) is 0. The Labute approximate surface area is 151 Å². The van der Waals surface area contributed by atoms with Crippen molar-refractivity contribution in [3.8, 4) is 0 Å². The van der Waals surface area contributed by atoms with Gasteiger partial charge in [-0.05, 0) is 44.2 Å². The summed E-state index contributed by atoms with van der Waals surface area (Å²) in [6.45, 7) is 8.35. The van der Waals surface area contributed by atoms with Gasteiger partial charge in [0.2, 0.25) is 0 Å². The average Bonchev–Trinajstić information content (AvgIpc) is 3.08. The number of urea groups is 1. The quantitative estimate of drug-likeness (QED) is 0.862. The molecule has 0 radical (unpaired) electrons. The summed E-state index contributed by atoms with van der Waals surface area (Å²) in [6, 6.07) is 10.9. The van der Waals surface area contributed by atoms with Gasteiger partial charge < -0.3 is 15.0 Å². The van der Waals surface area contributed by atoms with Crippen LogP contribution in [0.4, 0.5) is 4.79 Å². The number of hydrogen-bond acceptors (Lipinski definition) is 3. The van der Waals surface area contributed by atoms with Gasteiger partial charge in [0.15, 0.2) is 0 Å². The lowest BCUT2D eigenvalue weighted by atomic mass is 10.1. The minimum absolute atomic E-state index is 0.0690. The highest BCUT2D eigenvalue weighted by molar-refractivity contribution is 5.74. The monoisotopic (exact) mass is 345 g/mol. The first-order valence-electron chi connectivity index (χ1n) is 9.64. The summed E-state index contributed by atoms with van der Waals surface area (Å²) < 4.78 is 5.46. The number of ether oxygens (including phenoxy) is 1. The Hall–Kier alpha value is -1.59. The number of amides is 2. The van der Waals surface area contributed by atoms with Gasteiger partial charge in [0, 0.05) is 32.8 Å². The molecule has 2 aliphatic heterocycles. The molecule has 0 bridgehead atoms. The van der Waals surface area contributed by atoms with Crippen molar-refractivity contribution in [1.29, 1.82) is 0 Å². The van der Waals surface area contributed by atoms with Gasteiger partial charge in [0.25, 0.3) is 0 Å². The maximum Gasteiger partial charge on any atom is 0.317 e. The molecule has 0 aromatic heterocycles. The molecule has 1 aromatic rings. The zero-order valence-corrected chi connectivity index (χ0v) is 15.3. The molecule has 2 heterocycles. The predicted octanol–water partition coefficient (Wildman–Crippen LogP) is 2.72. The van der Waals surface area contributed by atoms with Crippen molar-refractivity contribution in [2.24, 2.45) is 5.92 Å². The van der Waals surface area contributed by atoms with Crippen LogP contribution in [0.25, 0.3) is 0 Å². The molecule has 5 nitrogen and oxygen atoms in total. The van der Waals surface area contributed by atoms with Gasteiger partial charge in [0.1, 0.15) is 0 Å². The van der Waals surface area contributed by atoms with E-state index in [1.54, 1.807) is 0 Å². The van der Waals surface area contributed by atoms with E-state index in [2.05, 4.69) is 47.5 Å². The molecule has 2 saturated heterocycles. The minimum atomic E-state index is 0.0690. The summed E-state index contributed by atoms with van der Waals surface area (Å²) in [5.74, 6) is 0.567. The number of benzene rings is 1. The number of likely N-dealkylation sites (tertiary alicyclic amines) is 1. The van der Waals surface area contributed by atoms with Gasteiger partial charge in [-0.2, -0.15) is 0 Å². The van der Waals surface area contributed by atoms with E-state index in [0.29, 0.717) is 12.5 Å². The van der Waals surface area contributed by atoms with Crippen LogP contribution >= 0.6 is 0 Å². The highest BCUT2D eigenvalue weighted by Crippen LogP contribution is 2.20.